The van der Waals surface area contributed by atoms with Crippen molar-refractivity contribution in [3.63, 3.8) is 0 Å². The number of rotatable bonds is 3. The van der Waals surface area contributed by atoms with Crippen LogP contribution < -0.4 is 0 Å². The molecule has 2 aliphatic rings. The molecule has 2 aliphatic heterocycles. The van der Waals surface area contributed by atoms with Crippen molar-refractivity contribution in [3.05, 3.63) is 0 Å². The van der Waals surface area contributed by atoms with Crippen molar-refractivity contribution < 1.29 is 8.42 Å². The number of likely N-dealkylation sites (tertiary alicyclic amines) is 1. The van der Waals surface area contributed by atoms with Crippen LogP contribution in [0.5, 0.6) is 0 Å². The Morgan fingerprint density at radius 3 is 2.50 bits per heavy atom. The van der Waals surface area contributed by atoms with E-state index in [9.17, 15) is 8.42 Å². The highest BCUT2D eigenvalue weighted by molar-refractivity contribution is 7.91. The summed E-state index contributed by atoms with van der Waals surface area (Å²) in [6, 6.07) is 0.658. The van der Waals surface area contributed by atoms with Crippen molar-refractivity contribution in [3.8, 4) is 0 Å². The number of nitrogens with zero attached hydrogens (tertiary/aromatic N) is 2. The van der Waals surface area contributed by atoms with E-state index in [1.807, 2.05) is 0 Å². The van der Waals surface area contributed by atoms with Gasteiger partial charge in [0.05, 0.1) is 11.5 Å². The van der Waals surface area contributed by atoms with E-state index in [0.717, 1.165) is 26.2 Å². The SMILES string of the molecule is CCN1CCCC1CN1CCS(=O)(=O)CC1. The molecule has 0 aliphatic carbocycles. The van der Waals surface area contributed by atoms with E-state index in [2.05, 4.69) is 16.7 Å². The second kappa shape index (κ2) is 5.02. The van der Waals surface area contributed by atoms with Crippen molar-refractivity contribution in [1.29, 1.82) is 0 Å². The molecule has 0 spiro atoms. The second-order valence-electron chi connectivity index (χ2n) is 4.88. The quantitative estimate of drug-likeness (QED) is 0.713. The van der Waals surface area contributed by atoms with E-state index in [-0.39, 0.29) is 0 Å². The van der Waals surface area contributed by atoms with Gasteiger partial charge in [0.2, 0.25) is 0 Å². The lowest BCUT2D eigenvalue weighted by molar-refractivity contribution is 0.185. The van der Waals surface area contributed by atoms with Gasteiger partial charge in [0.15, 0.2) is 9.84 Å². The lowest BCUT2D eigenvalue weighted by atomic mass is 10.2. The first-order chi connectivity index (χ1) is 7.61. The maximum Gasteiger partial charge on any atom is 0.152 e. The molecule has 1 atom stereocenters. The molecular formula is C11H22N2O2S. The van der Waals surface area contributed by atoms with Gasteiger partial charge in [0.1, 0.15) is 0 Å². The molecule has 2 heterocycles. The number of sulfone groups is 1. The number of hydrogen-bond acceptors (Lipinski definition) is 4. The van der Waals surface area contributed by atoms with Gasteiger partial charge in [-0.25, -0.2) is 8.42 Å². The summed E-state index contributed by atoms with van der Waals surface area (Å²) in [6.07, 6.45) is 2.57. The van der Waals surface area contributed by atoms with E-state index in [1.165, 1.54) is 19.4 Å². The van der Waals surface area contributed by atoms with Crippen molar-refractivity contribution in [2.24, 2.45) is 0 Å². The van der Waals surface area contributed by atoms with Crippen LogP contribution in [0, 0.1) is 0 Å². The molecule has 0 aromatic heterocycles. The minimum absolute atomic E-state index is 0.353. The smallest absolute Gasteiger partial charge is 0.152 e. The molecule has 2 fully saturated rings. The summed E-state index contributed by atoms with van der Waals surface area (Å²) in [6.45, 7) is 7.07. The van der Waals surface area contributed by atoms with Gasteiger partial charge in [-0.2, -0.15) is 0 Å². The Morgan fingerprint density at radius 1 is 1.19 bits per heavy atom. The van der Waals surface area contributed by atoms with Crippen LogP contribution in [0.1, 0.15) is 19.8 Å². The molecule has 0 aromatic carbocycles. The molecule has 0 bridgehead atoms. The monoisotopic (exact) mass is 246 g/mol. The van der Waals surface area contributed by atoms with E-state index in [0.29, 0.717) is 17.5 Å². The van der Waals surface area contributed by atoms with Gasteiger partial charge in [-0.1, -0.05) is 6.92 Å². The Bertz CT molecular complexity index is 315. The van der Waals surface area contributed by atoms with Gasteiger partial charge in [-0.15, -0.1) is 0 Å². The largest absolute Gasteiger partial charge is 0.300 e. The average molecular weight is 246 g/mol. The summed E-state index contributed by atoms with van der Waals surface area (Å²) < 4.78 is 22.6. The van der Waals surface area contributed by atoms with Crippen molar-refractivity contribution >= 4 is 9.84 Å². The Hall–Kier alpha value is -0.130. The third-order valence-electron chi connectivity index (χ3n) is 3.81. The van der Waals surface area contributed by atoms with Gasteiger partial charge in [-0.05, 0) is 25.9 Å². The van der Waals surface area contributed by atoms with E-state index in [4.69, 9.17) is 0 Å². The Morgan fingerprint density at radius 2 is 1.88 bits per heavy atom. The molecule has 2 saturated heterocycles. The molecular weight excluding hydrogens is 224 g/mol. The molecule has 0 amide bonds. The first kappa shape index (κ1) is 12.3. The molecule has 16 heavy (non-hydrogen) atoms. The summed E-state index contributed by atoms with van der Waals surface area (Å²) in [7, 11) is -2.72. The standard InChI is InChI=1S/C11H22N2O2S/c1-2-13-5-3-4-11(13)10-12-6-8-16(14,15)9-7-12/h11H,2-10H2,1H3. The van der Waals surface area contributed by atoms with Crippen LogP contribution in [0.15, 0.2) is 0 Å². The molecule has 2 rings (SSSR count). The fraction of sp³-hybridized carbons (Fsp3) is 1.00. The van der Waals surface area contributed by atoms with Gasteiger partial charge >= 0.3 is 0 Å². The molecule has 0 N–H and O–H groups in total. The second-order valence-corrected chi connectivity index (χ2v) is 7.18. The van der Waals surface area contributed by atoms with E-state index >= 15 is 0 Å². The molecule has 0 saturated carbocycles. The van der Waals surface area contributed by atoms with Gasteiger partial charge in [0, 0.05) is 25.7 Å². The van der Waals surface area contributed by atoms with E-state index in [1.54, 1.807) is 0 Å². The summed E-state index contributed by atoms with van der Waals surface area (Å²) >= 11 is 0. The predicted octanol–water partition coefficient (Wildman–Crippen LogP) is 0.201. The lowest BCUT2D eigenvalue weighted by Gasteiger charge is -2.32. The maximum atomic E-state index is 11.3. The number of likely N-dealkylation sites (N-methyl/N-ethyl adjacent to an activating group) is 1. The Kier molecular flexibility index (Phi) is 3.87. The molecule has 5 heteroatoms. The zero-order valence-corrected chi connectivity index (χ0v) is 10.9. The van der Waals surface area contributed by atoms with Crippen LogP contribution >= 0.6 is 0 Å². The maximum absolute atomic E-state index is 11.3. The van der Waals surface area contributed by atoms with Gasteiger partial charge in [-0.3, -0.25) is 9.80 Å². The van der Waals surface area contributed by atoms with Crippen LogP contribution in [-0.2, 0) is 9.84 Å². The topological polar surface area (TPSA) is 40.6 Å². The average Bonchev–Trinajstić information content (AvgIpc) is 2.68. The van der Waals surface area contributed by atoms with Crippen LogP contribution in [-0.4, -0.2) is 68.5 Å². The fourth-order valence-electron chi connectivity index (χ4n) is 2.75. The predicted molar refractivity (Wildman–Crippen MR) is 65.4 cm³/mol. The minimum atomic E-state index is -2.72. The highest BCUT2D eigenvalue weighted by atomic mass is 32.2. The van der Waals surface area contributed by atoms with Crippen LogP contribution in [0.25, 0.3) is 0 Å². The normalized spacial score (nSPS) is 31.9. The highest BCUT2D eigenvalue weighted by Crippen LogP contribution is 2.18. The summed E-state index contributed by atoms with van der Waals surface area (Å²) in [5.74, 6) is 0.706. The minimum Gasteiger partial charge on any atom is -0.300 e. The zero-order chi connectivity index (χ0) is 11.6. The molecule has 94 valence electrons. The summed E-state index contributed by atoms with van der Waals surface area (Å²) in [5, 5.41) is 0. The van der Waals surface area contributed by atoms with Crippen molar-refractivity contribution in [1.82, 2.24) is 9.80 Å². The fourth-order valence-corrected chi connectivity index (χ4v) is 4.03. The van der Waals surface area contributed by atoms with Crippen LogP contribution in [0.3, 0.4) is 0 Å². The highest BCUT2D eigenvalue weighted by Gasteiger charge is 2.28. The third-order valence-corrected chi connectivity index (χ3v) is 5.42. The first-order valence-electron chi connectivity index (χ1n) is 6.27. The Balaban J connectivity index is 1.82. The van der Waals surface area contributed by atoms with Crippen LogP contribution in [0.2, 0.25) is 0 Å². The molecule has 1 unspecified atom stereocenters. The summed E-state index contributed by atoms with van der Waals surface area (Å²) in [5.41, 5.74) is 0. The lowest BCUT2D eigenvalue weighted by Crippen LogP contribution is -2.46. The molecule has 0 radical (unpaired) electrons. The van der Waals surface area contributed by atoms with Crippen molar-refractivity contribution in [2.75, 3.05) is 44.2 Å². The number of hydrogen-bond donors (Lipinski definition) is 0. The Labute approximate surface area is 98.5 Å². The molecule has 4 nitrogen and oxygen atoms in total. The third kappa shape index (κ3) is 2.96. The van der Waals surface area contributed by atoms with Gasteiger partial charge in [0.25, 0.3) is 0 Å². The zero-order valence-electron chi connectivity index (χ0n) is 10.1. The van der Waals surface area contributed by atoms with Crippen molar-refractivity contribution in [2.45, 2.75) is 25.8 Å². The van der Waals surface area contributed by atoms with Gasteiger partial charge < -0.3 is 0 Å². The molecule has 0 aromatic rings. The first-order valence-corrected chi connectivity index (χ1v) is 8.09. The summed E-state index contributed by atoms with van der Waals surface area (Å²) in [4.78, 5) is 4.84. The van der Waals surface area contributed by atoms with Crippen LogP contribution in [0.4, 0.5) is 0 Å². The van der Waals surface area contributed by atoms with E-state index < -0.39 is 9.84 Å².